The largest absolute Gasteiger partial charge is 0.353 e. The number of nitrogens with zero attached hydrogens (tertiary/aromatic N) is 1. The third kappa shape index (κ3) is 2.84. The molecule has 0 spiro atoms. The minimum atomic E-state index is -0.470. The number of nitrogens with one attached hydrogen (secondary N) is 1. The Hall–Kier alpha value is -1.95. The Labute approximate surface area is 104 Å². The second-order valence-electron chi connectivity index (χ2n) is 4.56. The van der Waals surface area contributed by atoms with Crippen LogP contribution in [0.3, 0.4) is 0 Å². The number of nitro benzene ring substituents is 1. The van der Waals surface area contributed by atoms with Crippen molar-refractivity contribution in [3.8, 4) is 0 Å². The Morgan fingerprint density at radius 2 is 2.11 bits per heavy atom. The Kier molecular flexibility index (Phi) is 3.57. The van der Waals surface area contributed by atoms with Gasteiger partial charge in [-0.3, -0.25) is 14.9 Å². The molecule has 0 atom stereocenters. The van der Waals surface area contributed by atoms with Crippen molar-refractivity contribution in [3.05, 3.63) is 39.9 Å². The summed E-state index contributed by atoms with van der Waals surface area (Å²) in [7, 11) is 0. The molecule has 1 aromatic carbocycles. The van der Waals surface area contributed by atoms with Crippen molar-refractivity contribution >= 4 is 11.6 Å². The second-order valence-corrected chi connectivity index (χ2v) is 4.56. The van der Waals surface area contributed by atoms with Gasteiger partial charge in [0, 0.05) is 23.7 Å². The van der Waals surface area contributed by atoms with E-state index < -0.39 is 4.92 Å². The number of benzene rings is 1. The standard InChI is InChI=1S/C12H15N3O3/c13-9-6-10(7-9)14-12(16)5-8-3-1-2-4-11(8)15(17)18/h1-4,9-10H,5-7,13H2,(H,14,16). The molecule has 0 heterocycles. The van der Waals surface area contributed by atoms with Crippen LogP contribution < -0.4 is 11.1 Å². The van der Waals surface area contributed by atoms with E-state index in [0.717, 1.165) is 12.8 Å². The van der Waals surface area contributed by atoms with Crippen LogP contribution in [0.4, 0.5) is 5.69 Å². The van der Waals surface area contributed by atoms with Gasteiger partial charge in [0.05, 0.1) is 11.3 Å². The molecule has 1 fully saturated rings. The molecule has 0 aromatic heterocycles. The summed E-state index contributed by atoms with van der Waals surface area (Å²) < 4.78 is 0. The van der Waals surface area contributed by atoms with Gasteiger partial charge in [-0.25, -0.2) is 0 Å². The molecule has 3 N–H and O–H groups in total. The minimum Gasteiger partial charge on any atom is -0.353 e. The predicted octanol–water partition coefficient (Wildman–Crippen LogP) is 0.743. The number of para-hydroxylation sites is 1. The highest BCUT2D eigenvalue weighted by molar-refractivity contribution is 5.80. The van der Waals surface area contributed by atoms with Crippen molar-refractivity contribution in [1.82, 2.24) is 5.32 Å². The van der Waals surface area contributed by atoms with Crippen molar-refractivity contribution in [1.29, 1.82) is 0 Å². The zero-order chi connectivity index (χ0) is 13.1. The van der Waals surface area contributed by atoms with Crippen molar-refractivity contribution in [2.75, 3.05) is 0 Å². The summed E-state index contributed by atoms with van der Waals surface area (Å²) in [4.78, 5) is 22.0. The van der Waals surface area contributed by atoms with Gasteiger partial charge in [0.15, 0.2) is 0 Å². The molecule has 0 bridgehead atoms. The second kappa shape index (κ2) is 5.14. The summed E-state index contributed by atoms with van der Waals surface area (Å²) in [5.41, 5.74) is 6.04. The molecule has 1 aromatic rings. The van der Waals surface area contributed by atoms with E-state index in [1.165, 1.54) is 6.07 Å². The normalized spacial score (nSPS) is 22.1. The summed E-state index contributed by atoms with van der Waals surface area (Å²) in [6, 6.07) is 6.57. The number of nitro groups is 1. The highest BCUT2D eigenvalue weighted by atomic mass is 16.6. The number of carbonyl (C=O) groups excluding carboxylic acids is 1. The lowest BCUT2D eigenvalue weighted by atomic mass is 9.87. The molecular weight excluding hydrogens is 234 g/mol. The van der Waals surface area contributed by atoms with Gasteiger partial charge in [-0.1, -0.05) is 18.2 Å². The lowest BCUT2D eigenvalue weighted by Crippen LogP contribution is -2.50. The summed E-state index contributed by atoms with van der Waals surface area (Å²) in [6.07, 6.45) is 1.59. The Bertz CT molecular complexity index is 469. The number of hydrogen-bond donors (Lipinski definition) is 2. The van der Waals surface area contributed by atoms with Gasteiger partial charge >= 0.3 is 0 Å². The van der Waals surface area contributed by atoms with Crippen LogP contribution in [0.5, 0.6) is 0 Å². The SMILES string of the molecule is NC1CC(NC(=O)Cc2ccccc2[N+](=O)[O-])C1. The quantitative estimate of drug-likeness (QED) is 0.607. The van der Waals surface area contributed by atoms with Gasteiger partial charge in [-0.2, -0.15) is 0 Å². The monoisotopic (exact) mass is 249 g/mol. The average molecular weight is 249 g/mol. The topological polar surface area (TPSA) is 98.3 Å². The summed E-state index contributed by atoms with van der Waals surface area (Å²) >= 11 is 0. The fourth-order valence-corrected chi connectivity index (χ4v) is 2.07. The summed E-state index contributed by atoms with van der Waals surface area (Å²) in [6.45, 7) is 0. The first-order valence-electron chi connectivity index (χ1n) is 5.83. The molecule has 0 aliphatic heterocycles. The first-order valence-corrected chi connectivity index (χ1v) is 5.83. The lowest BCUT2D eigenvalue weighted by Gasteiger charge is -2.32. The van der Waals surface area contributed by atoms with Crippen LogP contribution in [0, 0.1) is 10.1 Å². The molecule has 2 rings (SSSR count). The van der Waals surface area contributed by atoms with Crippen LogP contribution in [-0.2, 0) is 11.2 Å². The molecule has 18 heavy (non-hydrogen) atoms. The van der Waals surface area contributed by atoms with Gasteiger partial charge in [0.25, 0.3) is 5.69 Å². The maximum atomic E-state index is 11.7. The van der Waals surface area contributed by atoms with Crippen LogP contribution in [-0.4, -0.2) is 22.9 Å². The molecule has 0 radical (unpaired) electrons. The summed E-state index contributed by atoms with van der Waals surface area (Å²) in [5, 5.41) is 13.6. The van der Waals surface area contributed by atoms with E-state index in [0.29, 0.717) is 5.56 Å². The maximum Gasteiger partial charge on any atom is 0.273 e. The average Bonchev–Trinajstić information content (AvgIpc) is 2.27. The van der Waals surface area contributed by atoms with Crippen LogP contribution in [0.25, 0.3) is 0 Å². The van der Waals surface area contributed by atoms with Gasteiger partial charge in [-0.05, 0) is 12.8 Å². The lowest BCUT2D eigenvalue weighted by molar-refractivity contribution is -0.385. The molecule has 1 amide bonds. The Balaban J connectivity index is 1.96. The maximum absolute atomic E-state index is 11.7. The third-order valence-electron chi connectivity index (χ3n) is 3.08. The zero-order valence-electron chi connectivity index (χ0n) is 9.83. The van der Waals surface area contributed by atoms with Crippen molar-refractivity contribution in [2.24, 2.45) is 5.73 Å². The molecule has 1 aliphatic carbocycles. The Morgan fingerprint density at radius 3 is 2.72 bits per heavy atom. The number of nitrogens with two attached hydrogens (primary N) is 1. The van der Waals surface area contributed by atoms with E-state index in [-0.39, 0.29) is 30.1 Å². The Morgan fingerprint density at radius 1 is 1.44 bits per heavy atom. The fraction of sp³-hybridized carbons (Fsp3) is 0.417. The highest BCUT2D eigenvalue weighted by Crippen LogP contribution is 2.20. The molecule has 6 heteroatoms. The first kappa shape index (κ1) is 12.5. The van der Waals surface area contributed by atoms with Gasteiger partial charge < -0.3 is 11.1 Å². The molecule has 1 aliphatic rings. The minimum absolute atomic E-state index is 0.0158. The third-order valence-corrected chi connectivity index (χ3v) is 3.08. The van der Waals surface area contributed by atoms with Crippen molar-refractivity contribution < 1.29 is 9.72 Å². The zero-order valence-corrected chi connectivity index (χ0v) is 9.83. The number of amides is 1. The highest BCUT2D eigenvalue weighted by Gasteiger charge is 2.27. The number of hydrogen-bond acceptors (Lipinski definition) is 4. The van der Waals surface area contributed by atoms with E-state index in [1.54, 1.807) is 18.2 Å². The number of carbonyl (C=O) groups is 1. The van der Waals surface area contributed by atoms with Crippen LogP contribution in [0.1, 0.15) is 18.4 Å². The van der Waals surface area contributed by atoms with Crippen LogP contribution in [0.15, 0.2) is 24.3 Å². The van der Waals surface area contributed by atoms with E-state index in [9.17, 15) is 14.9 Å². The van der Waals surface area contributed by atoms with Gasteiger partial charge in [0.1, 0.15) is 0 Å². The molecule has 0 unspecified atom stereocenters. The van der Waals surface area contributed by atoms with Crippen molar-refractivity contribution in [2.45, 2.75) is 31.3 Å². The smallest absolute Gasteiger partial charge is 0.273 e. The molecule has 0 saturated heterocycles. The molecule has 96 valence electrons. The van der Waals surface area contributed by atoms with E-state index in [2.05, 4.69) is 5.32 Å². The van der Waals surface area contributed by atoms with Crippen LogP contribution in [0.2, 0.25) is 0 Å². The van der Waals surface area contributed by atoms with Gasteiger partial charge in [0.2, 0.25) is 5.91 Å². The molecule has 6 nitrogen and oxygen atoms in total. The fourth-order valence-electron chi connectivity index (χ4n) is 2.07. The van der Waals surface area contributed by atoms with E-state index in [4.69, 9.17) is 5.73 Å². The summed E-state index contributed by atoms with van der Waals surface area (Å²) in [5.74, 6) is -0.193. The first-order chi connectivity index (χ1) is 8.56. The molecule has 1 saturated carbocycles. The number of rotatable bonds is 4. The van der Waals surface area contributed by atoms with E-state index >= 15 is 0 Å². The van der Waals surface area contributed by atoms with Crippen molar-refractivity contribution in [3.63, 3.8) is 0 Å². The van der Waals surface area contributed by atoms with Crippen LogP contribution >= 0.6 is 0 Å². The predicted molar refractivity (Wildman–Crippen MR) is 65.9 cm³/mol. The molecular formula is C12H15N3O3. The van der Waals surface area contributed by atoms with Gasteiger partial charge in [-0.15, -0.1) is 0 Å². The van der Waals surface area contributed by atoms with E-state index in [1.807, 2.05) is 0 Å².